The number of hydrogen-bond acceptors (Lipinski definition) is 3. The fourth-order valence-electron chi connectivity index (χ4n) is 2.34. The van der Waals surface area contributed by atoms with E-state index in [1.54, 1.807) is 11.3 Å². The van der Waals surface area contributed by atoms with Crippen molar-refractivity contribution in [2.45, 2.75) is 25.8 Å². The molecule has 1 unspecified atom stereocenters. The van der Waals surface area contributed by atoms with Gasteiger partial charge in [0.25, 0.3) is 0 Å². The molecular weight excluding hydrogens is 304 g/mol. The summed E-state index contributed by atoms with van der Waals surface area (Å²) in [6.07, 6.45) is 0. The number of nitrogens with one attached hydrogen (secondary N) is 1. The van der Waals surface area contributed by atoms with Gasteiger partial charge in [0.1, 0.15) is 0 Å². The summed E-state index contributed by atoms with van der Waals surface area (Å²) >= 11 is 1.75. The first-order valence-electron chi connectivity index (χ1n) is 7.84. The van der Waals surface area contributed by atoms with Gasteiger partial charge in [-0.05, 0) is 49.2 Å². The monoisotopic (exact) mass is 330 g/mol. The molecule has 5 heteroatoms. The van der Waals surface area contributed by atoms with Gasteiger partial charge in [0.05, 0.1) is 12.6 Å². The van der Waals surface area contributed by atoms with Gasteiger partial charge >= 0.3 is 0 Å². The van der Waals surface area contributed by atoms with Crippen LogP contribution in [0.5, 0.6) is 0 Å². The van der Waals surface area contributed by atoms with Crippen LogP contribution in [0.15, 0.2) is 46.8 Å². The summed E-state index contributed by atoms with van der Waals surface area (Å²) in [6, 6.07) is 12.8. The van der Waals surface area contributed by atoms with Crippen molar-refractivity contribution in [2.24, 2.45) is 10.7 Å². The van der Waals surface area contributed by atoms with E-state index >= 15 is 0 Å². The molecule has 124 valence electrons. The lowest BCUT2D eigenvalue weighted by atomic mass is 10.0. The van der Waals surface area contributed by atoms with Crippen LogP contribution in [0.25, 0.3) is 0 Å². The number of rotatable bonds is 6. The lowest BCUT2D eigenvalue weighted by Crippen LogP contribution is -2.27. The van der Waals surface area contributed by atoms with Crippen LogP contribution in [0.1, 0.15) is 36.2 Å². The van der Waals surface area contributed by atoms with E-state index < -0.39 is 0 Å². The van der Waals surface area contributed by atoms with Crippen LogP contribution in [-0.4, -0.2) is 31.5 Å². The molecule has 0 aliphatic heterocycles. The minimum atomic E-state index is 0.248. The number of hydrogen-bond donors (Lipinski definition) is 2. The van der Waals surface area contributed by atoms with E-state index in [1.807, 2.05) is 12.1 Å². The second-order valence-corrected chi connectivity index (χ2v) is 7.11. The molecule has 0 saturated carbocycles. The molecule has 0 aliphatic rings. The summed E-state index contributed by atoms with van der Waals surface area (Å²) in [6.45, 7) is 4.99. The Labute approximate surface area is 143 Å². The van der Waals surface area contributed by atoms with Crippen molar-refractivity contribution >= 4 is 23.0 Å². The Morgan fingerprint density at radius 2 is 2.04 bits per heavy atom. The third-order valence-electron chi connectivity index (χ3n) is 3.76. The second-order valence-electron chi connectivity index (χ2n) is 6.13. The predicted molar refractivity (Wildman–Crippen MR) is 101 cm³/mol. The lowest BCUT2D eigenvalue weighted by Gasteiger charge is -2.21. The minimum absolute atomic E-state index is 0.248. The summed E-state index contributed by atoms with van der Waals surface area (Å²) in [5, 5.41) is 5.28. The van der Waals surface area contributed by atoms with Crippen LogP contribution >= 0.6 is 11.3 Å². The van der Waals surface area contributed by atoms with E-state index in [1.165, 1.54) is 10.4 Å². The minimum Gasteiger partial charge on any atom is -0.370 e. The average Bonchev–Trinajstić information content (AvgIpc) is 3.01. The zero-order chi connectivity index (χ0) is 16.8. The quantitative estimate of drug-likeness (QED) is 0.624. The van der Waals surface area contributed by atoms with Gasteiger partial charge in [-0.2, -0.15) is 0 Å². The molecule has 0 radical (unpaired) electrons. The number of likely N-dealkylation sites (N-methyl/N-ethyl adjacent to an activating group) is 1. The van der Waals surface area contributed by atoms with Gasteiger partial charge < -0.3 is 16.0 Å². The molecule has 0 spiro atoms. The summed E-state index contributed by atoms with van der Waals surface area (Å²) in [5.74, 6) is 0.946. The third kappa shape index (κ3) is 5.08. The number of nitrogens with zero attached hydrogens (tertiary/aromatic N) is 2. The van der Waals surface area contributed by atoms with Gasteiger partial charge in [-0.1, -0.05) is 32.0 Å². The van der Waals surface area contributed by atoms with Gasteiger partial charge in [-0.15, -0.1) is 11.3 Å². The van der Waals surface area contributed by atoms with Gasteiger partial charge in [-0.25, -0.2) is 0 Å². The molecule has 1 atom stereocenters. The molecule has 4 nitrogen and oxygen atoms in total. The molecule has 1 aromatic heterocycles. The Morgan fingerprint density at radius 3 is 2.65 bits per heavy atom. The van der Waals surface area contributed by atoms with Gasteiger partial charge in [0.15, 0.2) is 5.96 Å². The highest BCUT2D eigenvalue weighted by Crippen LogP contribution is 2.23. The molecule has 0 bridgehead atoms. The van der Waals surface area contributed by atoms with E-state index in [9.17, 15) is 0 Å². The Kier molecular flexibility index (Phi) is 6.19. The molecule has 0 aliphatic carbocycles. The molecule has 23 heavy (non-hydrogen) atoms. The zero-order valence-electron chi connectivity index (χ0n) is 14.3. The van der Waals surface area contributed by atoms with Crippen molar-refractivity contribution in [3.63, 3.8) is 0 Å². The molecule has 0 saturated heterocycles. The predicted octanol–water partition coefficient (Wildman–Crippen LogP) is 3.90. The van der Waals surface area contributed by atoms with E-state index in [2.05, 4.69) is 72.8 Å². The Balaban J connectivity index is 2.03. The fraction of sp³-hybridized carbons (Fsp3) is 0.389. The van der Waals surface area contributed by atoms with Crippen molar-refractivity contribution in [3.05, 3.63) is 52.2 Å². The first kappa shape index (κ1) is 17.5. The second kappa shape index (κ2) is 8.13. The lowest BCUT2D eigenvalue weighted by molar-refractivity contribution is 0.311. The highest BCUT2D eigenvalue weighted by Gasteiger charge is 2.14. The first-order valence-corrected chi connectivity index (χ1v) is 8.72. The fourth-order valence-corrected chi connectivity index (χ4v) is 3.25. The van der Waals surface area contributed by atoms with Gasteiger partial charge in [-0.3, -0.25) is 4.99 Å². The topological polar surface area (TPSA) is 53.6 Å². The van der Waals surface area contributed by atoms with Crippen molar-refractivity contribution in [3.8, 4) is 0 Å². The first-order chi connectivity index (χ1) is 11.0. The maximum atomic E-state index is 6.06. The van der Waals surface area contributed by atoms with E-state index in [0.29, 0.717) is 18.4 Å². The molecule has 2 aromatic rings. The highest BCUT2D eigenvalue weighted by molar-refractivity contribution is 7.10. The largest absolute Gasteiger partial charge is 0.370 e. The van der Waals surface area contributed by atoms with E-state index in [-0.39, 0.29) is 6.04 Å². The average molecular weight is 331 g/mol. The van der Waals surface area contributed by atoms with Crippen LogP contribution in [0, 0.1) is 0 Å². The number of nitrogens with two attached hydrogens (primary N) is 1. The number of anilines is 1. The molecule has 0 fully saturated rings. The zero-order valence-corrected chi connectivity index (χ0v) is 15.1. The number of benzene rings is 1. The smallest absolute Gasteiger partial charge is 0.193 e. The highest BCUT2D eigenvalue weighted by atomic mass is 32.1. The molecular formula is C18H26N4S. The summed E-state index contributed by atoms with van der Waals surface area (Å²) in [4.78, 5) is 7.99. The normalized spacial score (nSPS) is 13.6. The summed E-state index contributed by atoms with van der Waals surface area (Å²) < 4.78 is 0. The number of thiophene rings is 1. The maximum absolute atomic E-state index is 6.06. The maximum Gasteiger partial charge on any atom is 0.193 e. The van der Waals surface area contributed by atoms with Crippen molar-refractivity contribution in [1.82, 2.24) is 4.90 Å². The Hall–Kier alpha value is -1.85. The van der Waals surface area contributed by atoms with Crippen LogP contribution < -0.4 is 11.1 Å². The molecule has 3 N–H and O–H groups in total. The van der Waals surface area contributed by atoms with E-state index in [4.69, 9.17) is 5.73 Å². The SMILES string of the molecule is CC(C)c1cccc(NC(N)=NCC(c2cccs2)N(C)C)c1. The summed E-state index contributed by atoms with van der Waals surface area (Å²) in [7, 11) is 4.13. The van der Waals surface area contributed by atoms with E-state index in [0.717, 1.165) is 5.69 Å². The van der Waals surface area contributed by atoms with Crippen LogP contribution in [0.4, 0.5) is 5.69 Å². The van der Waals surface area contributed by atoms with Crippen LogP contribution in [0.2, 0.25) is 0 Å². The summed E-state index contributed by atoms with van der Waals surface area (Å²) in [5.41, 5.74) is 8.32. The molecule has 1 aromatic carbocycles. The Bertz CT molecular complexity index is 632. The van der Waals surface area contributed by atoms with Crippen LogP contribution in [-0.2, 0) is 0 Å². The standard InChI is InChI=1S/C18H26N4S/c1-13(2)14-7-5-8-15(11-14)21-18(19)20-12-16(22(3)4)17-9-6-10-23-17/h5-11,13,16H,12H2,1-4H3,(H3,19,20,21). The molecule has 0 amide bonds. The van der Waals surface area contributed by atoms with Gasteiger partial charge in [0.2, 0.25) is 0 Å². The van der Waals surface area contributed by atoms with Crippen molar-refractivity contribution in [2.75, 3.05) is 26.0 Å². The molecule has 2 rings (SSSR count). The van der Waals surface area contributed by atoms with Gasteiger partial charge in [0, 0.05) is 10.6 Å². The third-order valence-corrected chi connectivity index (χ3v) is 4.73. The Morgan fingerprint density at radius 1 is 1.26 bits per heavy atom. The number of guanidine groups is 1. The van der Waals surface area contributed by atoms with Crippen molar-refractivity contribution in [1.29, 1.82) is 0 Å². The number of aliphatic imine (C=N–C) groups is 1. The van der Waals surface area contributed by atoms with Crippen LogP contribution in [0.3, 0.4) is 0 Å². The van der Waals surface area contributed by atoms with Crippen molar-refractivity contribution < 1.29 is 0 Å². The molecule has 1 heterocycles.